The molecule has 6 heteroatoms. The van der Waals surface area contributed by atoms with Crippen molar-refractivity contribution in [3.8, 4) is 0 Å². The van der Waals surface area contributed by atoms with Gasteiger partial charge in [0.1, 0.15) is 0 Å². The summed E-state index contributed by atoms with van der Waals surface area (Å²) in [6.07, 6.45) is 3.02. The summed E-state index contributed by atoms with van der Waals surface area (Å²) in [7, 11) is -3.51. The molecule has 0 unspecified atom stereocenters. The van der Waals surface area contributed by atoms with E-state index in [4.69, 9.17) is 4.42 Å². The van der Waals surface area contributed by atoms with Crippen LogP contribution < -0.4 is 4.72 Å². The van der Waals surface area contributed by atoms with Gasteiger partial charge in [0.2, 0.25) is 10.0 Å². The molecule has 1 N–H and O–H groups in total. The van der Waals surface area contributed by atoms with E-state index in [1.807, 2.05) is 6.07 Å². The zero-order valence-electron chi connectivity index (χ0n) is 9.68. The van der Waals surface area contributed by atoms with E-state index in [0.29, 0.717) is 5.56 Å². The highest BCUT2D eigenvalue weighted by Crippen LogP contribution is 2.20. The second-order valence-electron chi connectivity index (χ2n) is 3.87. The van der Waals surface area contributed by atoms with Crippen molar-refractivity contribution in [2.24, 2.45) is 0 Å². The molecule has 0 fully saturated rings. The maximum absolute atomic E-state index is 12.1. The third-order valence-corrected chi connectivity index (χ3v) is 4.52. The Morgan fingerprint density at radius 1 is 1.33 bits per heavy atom. The molecule has 96 valence electrons. The van der Waals surface area contributed by atoms with Gasteiger partial charge < -0.3 is 4.42 Å². The molecule has 0 saturated carbocycles. The summed E-state index contributed by atoms with van der Waals surface area (Å²) in [6, 6.07) is 6.88. The van der Waals surface area contributed by atoms with Crippen LogP contribution in [0.2, 0.25) is 0 Å². The summed E-state index contributed by atoms with van der Waals surface area (Å²) in [5.74, 6) is 0. The number of sulfonamides is 1. The zero-order chi connectivity index (χ0) is 13.2. The molecule has 0 aliphatic heterocycles. The minimum Gasteiger partial charge on any atom is -0.472 e. The van der Waals surface area contributed by atoms with Crippen LogP contribution in [0.25, 0.3) is 0 Å². The van der Waals surface area contributed by atoms with Gasteiger partial charge in [0.15, 0.2) is 0 Å². The van der Waals surface area contributed by atoms with Crippen molar-refractivity contribution in [3.05, 3.63) is 52.4 Å². The van der Waals surface area contributed by atoms with Crippen molar-refractivity contribution in [1.29, 1.82) is 0 Å². The van der Waals surface area contributed by atoms with E-state index in [-0.39, 0.29) is 11.4 Å². The summed E-state index contributed by atoms with van der Waals surface area (Å²) >= 11 is 3.27. The predicted octanol–water partition coefficient (Wildman–Crippen LogP) is 2.83. The van der Waals surface area contributed by atoms with Crippen LogP contribution in [0.4, 0.5) is 0 Å². The van der Waals surface area contributed by atoms with Crippen LogP contribution in [0, 0.1) is 6.92 Å². The Hall–Kier alpha value is -1.11. The minimum absolute atomic E-state index is 0.213. The monoisotopic (exact) mass is 329 g/mol. The number of rotatable bonds is 4. The van der Waals surface area contributed by atoms with E-state index in [1.165, 1.54) is 12.5 Å². The Morgan fingerprint density at radius 3 is 2.78 bits per heavy atom. The third kappa shape index (κ3) is 3.01. The topological polar surface area (TPSA) is 59.3 Å². The molecule has 0 aliphatic carbocycles. The van der Waals surface area contributed by atoms with Crippen LogP contribution in [-0.2, 0) is 16.6 Å². The van der Waals surface area contributed by atoms with E-state index in [1.54, 1.807) is 25.1 Å². The molecule has 1 heterocycles. The summed E-state index contributed by atoms with van der Waals surface area (Å²) in [5.41, 5.74) is 1.49. The third-order valence-electron chi connectivity index (χ3n) is 2.49. The molecule has 0 radical (unpaired) electrons. The van der Waals surface area contributed by atoms with Crippen LogP contribution in [0.3, 0.4) is 0 Å². The molecule has 2 aromatic rings. The van der Waals surface area contributed by atoms with Crippen LogP contribution in [0.1, 0.15) is 11.1 Å². The lowest BCUT2D eigenvalue weighted by Gasteiger charge is -2.08. The molecule has 2 rings (SSSR count). The Labute approximate surface area is 114 Å². The number of benzene rings is 1. The molecule has 18 heavy (non-hydrogen) atoms. The van der Waals surface area contributed by atoms with Gasteiger partial charge in [0, 0.05) is 16.6 Å². The van der Waals surface area contributed by atoms with E-state index in [2.05, 4.69) is 20.7 Å². The number of hydrogen-bond acceptors (Lipinski definition) is 3. The predicted molar refractivity (Wildman–Crippen MR) is 71.6 cm³/mol. The van der Waals surface area contributed by atoms with Crippen molar-refractivity contribution in [2.45, 2.75) is 18.4 Å². The molecule has 0 bridgehead atoms. The first-order chi connectivity index (χ1) is 8.49. The molecule has 1 aromatic heterocycles. The average Bonchev–Trinajstić information content (AvgIpc) is 2.83. The fourth-order valence-corrected chi connectivity index (χ4v) is 3.31. The smallest absolute Gasteiger partial charge is 0.241 e. The largest absolute Gasteiger partial charge is 0.472 e. The van der Waals surface area contributed by atoms with E-state index in [9.17, 15) is 8.42 Å². The first-order valence-corrected chi connectivity index (χ1v) is 7.53. The zero-order valence-corrected chi connectivity index (χ0v) is 12.1. The normalized spacial score (nSPS) is 11.7. The molecular weight excluding hydrogens is 318 g/mol. The van der Waals surface area contributed by atoms with E-state index < -0.39 is 10.0 Å². The Morgan fingerprint density at radius 2 is 2.11 bits per heavy atom. The van der Waals surface area contributed by atoms with Gasteiger partial charge >= 0.3 is 0 Å². The van der Waals surface area contributed by atoms with Gasteiger partial charge in [-0.1, -0.05) is 22.0 Å². The maximum atomic E-state index is 12.1. The number of aryl methyl sites for hydroxylation is 1. The molecule has 4 nitrogen and oxygen atoms in total. The number of halogens is 1. The maximum Gasteiger partial charge on any atom is 0.241 e. The number of hydrogen-bond donors (Lipinski definition) is 1. The SMILES string of the molecule is Cc1ccc(Br)cc1S(=O)(=O)NCc1ccoc1. The Bertz CT molecular complexity index is 635. The van der Waals surface area contributed by atoms with E-state index in [0.717, 1.165) is 10.0 Å². The van der Waals surface area contributed by atoms with Gasteiger partial charge in [-0.05, 0) is 30.7 Å². The van der Waals surface area contributed by atoms with Crippen LogP contribution in [0.5, 0.6) is 0 Å². The lowest BCUT2D eigenvalue weighted by atomic mass is 10.2. The second-order valence-corrected chi connectivity index (χ2v) is 6.52. The molecule has 0 saturated heterocycles. The molecular formula is C12H12BrNO3S. The summed E-state index contributed by atoms with van der Waals surface area (Å²) < 4.78 is 32.4. The Kier molecular flexibility index (Phi) is 3.89. The minimum atomic E-state index is -3.51. The standard InChI is InChI=1S/C12H12BrNO3S/c1-9-2-3-11(13)6-12(9)18(15,16)14-7-10-4-5-17-8-10/h2-6,8,14H,7H2,1H3. The highest BCUT2D eigenvalue weighted by atomic mass is 79.9. The van der Waals surface area contributed by atoms with Crippen molar-refractivity contribution >= 4 is 26.0 Å². The summed E-state index contributed by atoms with van der Waals surface area (Å²) in [4.78, 5) is 0.278. The van der Waals surface area contributed by atoms with Gasteiger partial charge in [-0.3, -0.25) is 0 Å². The first kappa shape index (κ1) is 13.3. The Balaban J connectivity index is 2.22. The molecule has 0 atom stereocenters. The van der Waals surface area contributed by atoms with Gasteiger partial charge in [-0.25, -0.2) is 13.1 Å². The fourth-order valence-electron chi connectivity index (χ4n) is 1.51. The van der Waals surface area contributed by atoms with Crippen molar-refractivity contribution in [3.63, 3.8) is 0 Å². The summed E-state index contributed by atoms with van der Waals surface area (Å²) in [5, 5.41) is 0. The van der Waals surface area contributed by atoms with E-state index >= 15 is 0 Å². The highest BCUT2D eigenvalue weighted by molar-refractivity contribution is 9.10. The van der Waals surface area contributed by atoms with Gasteiger partial charge in [-0.2, -0.15) is 0 Å². The van der Waals surface area contributed by atoms with Crippen molar-refractivity contribution in [1.82, 2.24) is 4.72 Å². The lowest BCUT2D eigenvalue weighted by Crippen LogP contribution is -2.23. The highest BCUT2D eigenvalue weighted by Gasteiger charge is 2.16. The number of furan rings is 1. The fraction of sp³-hybridized carbons (Fsp3) is 0.167. The second kappa shape index (κ2) is 5.26. The molecule has 0 amide bonds. The van der Waals surface area contributed by atoms with Gasteiger partial charge in [-0.15, -0.1) is 0 Å². The quantitative estimate of drug-likeness (QED) is 0.938. The number of nitrogens with one attached hydrogen (secondary N) is 1. The van der Waals surface area contributed by atoms with Gasteiger partial charge in [0.05, 0.1) is 17.4 Å². The molecule has 0 spiro atoms. The summed E-state index contributed by atoms with van der Waals surface area (Å²) in [6.45, 7) is 1.98. The van der Waals surface area contributed by atoms with Crippen LogP contribution in [-0.4, -0.2) is 8.42 Å². The van der Waals surface area contributed by atoms with Crippen LogP contribution in [0.15, 0.2) is 50.6 Å². The van der Waals surface area contributed by atoms with Gasteiger partial charge in [0.25, 0.3) is 0 Å². The lowest BCUT2D eigenvalue weighted by molar-refractivity contribution is 0.561. The first-order valence-electron chi connectivity index (χ1n) is 5.26. The van der Waals surface area contributed by atoms with Crippen molar-refractivity contribution in [2.75, 3.05) is 0 Å². The average molecular weight is 330 g/mol. The van der Waals surface area contributed by atoms with Crippen molar-refractivity contribution < 1.29 is 12.8 Å². The van der Waals surface area contributed by atoms with Crippen LogP contribution >= 0.6 is 15.9 Å². The molecule has 0 aliphatic rings. The molecule has 1 aromatic carbocycles.